The average Bonchev–Trinajstić information content (AvgIpc) is 2.09. The second-order valence-electron chi connectivity index (χ2n) is 3.47. The molecule has 0 saturated carbocycles. The summed E-state index contributed by atoms with van der Waals surface area (Å²) in [6.07, 6.45) is 2.79. The van der Waals surface area contributed by atoms with Gasteiger partial charge in [0.1, 0.15) is 0 Å². The number of amides is 1. The zero-order chi connectivity index (χ0) is 10.3. The van der Waals surface area contributed by atoms with Gasteiger partial charge in [0.05, 0.1) is 0 Å². The molecule has 3 heteroatoms. The maximum absolute atomic E-state index is 11.6. The molecule has 0 aromatic heterocycles. The Morgan fingerprint density at radius 2 is 2.08 bits per heavy atom. The molecule has 0 fully saturated rings. The van der Waals surface area contributed by atoms with Gasteiger partial charge in [0.25, 0.3) is 0 Å². The predicted octanol–water partition coefficient (Wildman–Crippen LogP) is 2.81. The molecule has 0 aliphatic heterocycles. The smallest absolute Gasteiger partial charge is 0.222 e. The SMILES string of the molecule is CCCCC(=O)N(CCBr)C(C)C. The first-order valence-electron chi connectivity index (χ1n) is 4.98. The Morgan fingerprint density at radius 3 is 2.46 bits per heavy atom. The number of unbranched alkanes of at least 4 members (excludes halogenated alkanes) is 1. The lowest BCUT2D eigenvalue weighted by Crippen LogP contribution is -2.38. The summed E-state index contributed by atoms with van der Waals surface area (Å²) < 4.78 is 0. The average molecular weight is 250 g/mol. The van der Waals surface area contributed by atoms with Crippen LogP contribution in [0.25, 0.3) is 0 Å². The fraction of sp³-hybridized carbons (Fsp3) is 0.900. The third kappa shape index (κ3) is 5.29. The predicted molar refractivity (Wildman–Crippen MR) is 60.2 cm³/mol. The molecule has 0 bridgehead atoms. The van der Waals surface area contributed by atoms with Crippen molar-refractivity contribution in [1.82, 2.24) is 4.90 Å². The highest BCUT2D eigenvalue weighted by atomic mass is 79.9. The van der Waals surface area contributed by atoms with Gasteiger partial charge >= 0.3 is 0 Å². The van der Waals surface area contributed by atoms with Crippen molar-refractivity contribution in [2.24, 2.45) is 0 Å². The van der Waals surface area contributed by atoms with Crippen LogP contribution in [0.15, 0.2) is 0 Å². The lowest BCUT2D eigenvalue weighted by molar-refractivity contribution is -0.132. The minimum absolute atomic E-state index is 0.288. The third-order valence-electron chi connectivity index (χ3n) is 2.01. The Balaban J connectivity index is 3.96. The first kappa shape index (κ1) is 12.9. The minimum atomic E-state index is 0.288. The molecule has 13 heavy (non-hydrogen) atoms. The Morgan fingerprint density at radius 1 is 1.46 bits per heavy atom. The summed E-state index contributed by atoms with van der Waals surface area (Å²) in [5.41, 5.74) is 0. The van der Waals surface area contributed by atoms with E-state index in [-0.39, 0.29) is 5.91 Å². The molecule has 0 aromatic carbocycles. The summed E-state index contributed by atoms with van der Waals surface area (Å²) in [7, 11) is 0. The van der Waals surface area contributed by atoms with Crippen LogP contribution in [0.1, 0.15) is 40.0 Å². The summed E-state index contributed by atoms with van der Waals surface area (Å²) in [4.78, 5) is 13.6. The second kappa shape index (κ2) is 7.36. The lowest BCUT2D eigenvalue weighted by atomic mass is 10.2. The van der Waals surface area contributed by atoms with Crippen molar-refractivity contribution < 1.29 is 4.79 Å². The highest BCUT2D eigenvalue weighted by Gasteiger charge is 2.14. The highest BCUT2D eigenvalue weighted by Crippen LogP contribution is 2.05. The number of halogens is 1. The molecule has 0 aromatic rings. The van der Waals surface area contributed by atoms with Crippen LogP contribution in [0.3, 0.4) is 0 Å². The zero-order valence-corrected chi connectivity index (χ0v) is 10.4. The summed E-state index contributed by atoms with van der Waals surface area (Å²) in [5.74, 6) is 0.288. The number of carbonyl (C=O) groups excluding carboxylic acids is 1. The Hall–Kier alpha value is -0.0500. The van der Waals surface area contributed by atoms with Gasteiger partial charge in [-0.05, 0) is 20.3 Å². The fourth-order valence-electron chi connectivity index (χ4n) is 1.23. The van der Waals surface area contributed by atoms with Crippen LogP contribution in [0, 0.1) is 0 Å². The molecule has 0 spiro atoms. The van der Waals surface area contributed by atoms with Gasteiger partial charge in [-0.1, -0.05) is 29.3 Å². The topological polar surface area (TPSA) is 20.3 Å². The number of hydrogen-bond donors (Lipinski definition) is 0. The van der Waals surface area contributed by atoms with Crippen LogP contribution in [-0.2, 0) is 4.79 Å². The van der Waals surface area contributed by atoms with Crippen LogP contribution in [0.4, 0.5) is 0 Å². The van der Waals surface area contributed by atoms with Gasteiger partial charge in [-0.15, -0.1) is 0 Å². The standard InChI is InChI=1S/C10H20BrNO/c1-4-5-6-10(13)12(8-7-11)9(2)3/h9H,4-8H2,1-3H3. The molecule has 0 radical (unpaired) electrons. The van der Waals surface area contributed by atoms with Crippen LogP contribution in [0.5, 0.6) is 0 Å². The number of hydrogen-bond acceptors (Lipinski definition) is 1. The van der Waals surface area contributed by atoms with Crippen LogP contribution in [-0.4, -0.2) is 28.7 Å². The van der Waals surface area contributed by atoms with E-state index in [1.807, 2.05) is 4.90 Å². The molecule has 0 N–H and O–H groups in total. The molecule has 2 nitrogen and oxygen atoms in total. The van der Waals surface area contributed by atoms with E-state index in [4.69, 9.17) is 0 Å². The van der Waals surface area contributed by atoms with Crippen molar-refractivity contribution in [2.75, 3.05) is 11.9 Å². The molecule has 78 valence electrons. The van der Waals surface area contributed by atoms with Crippen molar-refractivity contribution >= 4 is 21.8 Å². The van der Waals surface area contributed by atoms with E-state index in [2.05, 4.69) is 36.7 Å². The number of nitrogens with zero attached hydrogens (tertiary/aromatic N) is 1. The van der Waals surface area contributed by atoms with Crippen molar-refractivity contribution in [3.05, 3.63) is 0 Å². The number of rotatable bonds is 6. The molecule has 0 rings (SSSR count). The molecule has 0 unspecified atom stereocenters. The van der Waals surface area contributed by atoms with E-state index in [9.17, 15) is 4.79 Å². The van der Waals surface area contributed by atoms with Gasteiger partial charge in [0.15, 0.2) is 0 Å². The van der Waals surface area contributed by atoms with Gasteiger partial charge in [-0.2, -0.15) is 0 Å². The maximum Gasteiger partial charge on any atom is 0.222 e. The maximum atomic E-state index is 11.6. The van der Waals surface area contributed by atoms with Crippen LogP contribution in [0.2, 0.25) is 0 Å². The van der Waals surface area contributed by atoms with Crippen molar-refractivity contribution in [1.29, 1.82) is 0 Å². The summed E-state index contributed by atoms with van der Waals surface area (Å²) in [5, 5.41) is 0.864. The third-order valence-corrected chi connectivity index (χ3v) is 2.37. The largest absolute Gasteiger partial charge is 0.339 e. The number of carbonyl (C=O) groups is 1. The van der Waals surface area contributed by atoms with E-state index in [0.717, 1.165) is 24.7 Å². The number of alkyl halides is 1. The molecule has 0 saturated heterocycles. The van der Waals surface area contributed by atoms with Gasteiger partial charge < -0.3 is 4.90 Å². The Kier molecular flexibility index (Phi) is 7.33. The van der Waals surface area contributed by atoms with Gasteiger partial charge in [-0.25, -0.2) is 0 Å². The monoisotopic (exact) mass is 249 g/mol. The highest BCUT2D eigenvalue weighted by molar-refractivity contribution is 9.09. The van der Waals surface area contributed by atoms with Gasteiger partial charge in [0, 0.05) is 24.3 Å². The van der Waals surface area contributed by atoms with Crippen LogP contribution >= 0.6 is 15.9 Å². The summed E-state index contributed by atoms with van der Waals surface area (Å²) in [6, 6.07) is 0.321. The van der Waals surface area contributed by atoms with E-state index in [1.165, 1.54) is 0 Å². The second-order valence-corrected chi connectivity index (χ2v) is 4.27. The molecule has 0 heterocycles. The fourth-order valence-corrected chi connectivity index (χ4v) is 1.62. The Labute approximate surface area is 89.8 Å². The van der Waals surface area contributed by atoms with E-state index in [1.54, 1.807) is 0 Å². The summed E-state index contributed by atoms with van der Waals surface area (Å²) >= 11 is 3.36. The molecular formula is C10H20BrNO. The van der Waals surface area contributed by atoms with E-state index >= 15 is 0 Å². The molecular weight excluding hydrogens is 230 g/mol. The van der Waals surface area contributed by atoms with Crippen molar-refractivity contribution in [2.45, 2.75) is 46.1 Å². The zero-order valence-electron chi connectivity index (χ0n) is 8.85. The van der Waals surface area contributed by atoms with Crippen LogP contribution < -0.4 is 0 Å². The first-order chi connectivity index (χ1) is 6.13. The van der Waals surface area contributed by atoms with Crippen molar-refractivity contribution in [3.8, 4) is 0 Å². The van der Waals surface area contributed by atoms with Crippen molar-refractivity contribution in [3.63, 3.8) is 0 Å². The molecule has 0 atom stereocenters. The Bertz CT molecular complexity index is 148. The molecule has 1 amide bonds. The van der Waals surface area contributed by atoms with E-state index < -0.39 is 0 Å². The van der Waals surface area contributed by atoms with E-state index in [0.29, 0.717) is 12.5 Å². The lowest BCUT2D eigenvalue weighted by Gasteiger charge is -2.25. The summed E-state index contributed by atoms with van der Waals surface area (Å²) in [6.45, 7) is 7.05. The quantitative estimate of drug-likeness (QED) is 0.664. The minimum Gasteiger partial charge on any atom is -0.339 e. The first-order valence-corrected chi connectivity index (χ1v) is 6.11. The van der Waals surface area contributed by atoms with Gasteiger partial charge in [0.2, 0.25) is 5.91 Å². The normalized spacial score (nSPS) is 10.5. The molecule has 0 aliphatic rings. The van der Waals surface area contributed by atoms with Gasteiger partial charge in [-0.3, -0.25) is 4.79 Å². The molecule has 0 aliphatic carbocycles.